The minimum Gasteiger partial charge on any atom is -0.452 e. The molecular formula is C16H12ClN3O3S. The van der Waals surface area contributed by atoms with Gasteiger partial charge in [0.1, 0.15) is 0 Å². The number of ether oxygens (including phenoxy) is 1. The second-order valence-corrected chi connectivity index (χ2v) is 5.96. The third-order valence-electron chi connectivity index (χ3n) is 3.11. The van der Waals surface area contributed by atoms with Gasteiger partial charge in [0.2, 0.25) is 5.82 Å². The molecule has 2 heterocycles. The van der Waals surface area contributed by atoms with E-state index in [0.717, 1.165) is 10.5 Å². The van der Waals surface area contributed by atoms with E-state index in [-0.39, 0.29) is 12.5 Å². The van der Waals surface area contributed by atoms with Crippen molar-refractivity contribution in [3.63, 3.8) is 0 Å². The van der Waals surface area contributed by atoms with E-state index >= 15 is 0 Å². The first-order valence-corrected chi connectivity index (χ1v) is 8.51. The largest absolute Gasteiger partial charge is 0.452 e. The van der Waals surface area contributed by atoms with E-state index in [1.807, 2.05) is 12.3 Å². The number of hydrogen-bond donors (Lipinski definition) is 0. The van der Waals surface area contributed by atoms with E-state index in [1.54, 1.807) is 36.7 Å². The Balaban J connectivity index is 1.68. The summed E-state index contributed by atoms with van der Waals surface area (Å²) in [7, 11) is 0. The molecule has 3 rings (SSSR count). The highest BCUT2D eigenvalue weighted by molar-refractivity contribution is 7.98. The van der Waals surface area contributed by atoms with E-state index in [2.05, 4.69) is 15.1 Å². The summed E-state index contributed by atoms with van der Waals surface area (Å²) < 4.78 is 10.3. The van der Waals surface area contributed by atoms with Gasteiger partial charge in [0.15, 0.2) is 6.61 Å². The fraction of sp³-hybridized carbons (Fsp3) is 0.125. The molecule has 0 radical (unpaired) electrons. The van der Waals surface area contributed by atoms with Crippen molar-refractivity contribution < 1.29 is 14.1 Å². The van der Waals surface area contributed by atoms with Gasteiger partial charge in [-0.15, -0.1) is 11.8 Å². The van der Waals surface area contributed by atoms with E-state index in [1.165, 1.54) is 11.8 Å². The number of carbonyl (C=O) groups excluding carboxylic acids is 1. The standard InChI is InChI=1S/C16H12ClN3O3S/c1-24-11-4-5-13(17)12(7-11)16(21)22-9-14-19-15(20-23-14)10-3-2-6-18-8-10/h2-8H,9H2,1H3. The minimum absolute atomic E-state index is 0.133. The molecule has 0 aliphatic carbocycles. The van der Waals surface area contributed by atoms with Gasteiger partial charge in [-0.3, -0.25) is 4.98 Å². The minimum atomic E-state index is -0.544. The van der Waals surface area contributed by atoms with Crippen molar-refractivity contribution >= 4 is 29.3 Å². The highest BCUT2D eigenvalue weighted by Gasteiger charge is 2.15. The molecule has 0 unspecified atom stereocenters. The molecule has 3 aromatic rings. The van der Waals surface area contributed by atoms with Gasteiger partial charge in [0.25, 0.3) is 5.89 Å². The second-order valence-electron chi connectivity index (χ2n) is 4.68. The lowest BCUT2D eigenvalue weighted by Gasteiger charge is -2.05. The predicted molar refractivity (Wildman–Crippen MR) is 89.9 cm³/mol. The van der Waals surface area contributed by atoms with Crippen molar-refractivity contribution in [2.45, 2.75) is 11.5 Å². The summed E-state index contributed by atoms with van der Waals surface area (Å²) in [4.78, 5) is 21.2. The Kier molecular flexibility index (Phi) is 5.12. The molecule has 8 heteroatoms. The number of pyridine rings is 1. The number of nitrogens with zero attached hydrogens (tertiary/aromatic N) is 3. The smallest absolute Gasteiger partial charge is 0.340 e. The van der Waals surface area contributed by atoms with E-state index in [0.29, 0.717) is 16.4 Å². The van der Waals surface area contributed by atoms with Crippen LogP contribution >= 0.6 is 23.4 Å². The van der Waals surface area contributed by atoms with Gasteiger partial charge in [-0.1, -0.05) is 16.8 Å². The monoisotopic (exact) mass is 361 g/mol. The number of aromatic nitrogens is 3. The van der Waals surface area contributed by atoms with Crippen LogP contribution in [0, 0.1) is 0 Å². The van der Waals surface area contributed by atoms with Crippen LogP contribution in [0.15, 0.2) is 52.1 Å². The summed E-state index contributed by atoms with van der Waals surface area (Å²) in [6.07, 6.45) is 5.18. The number of halogens is 1. The first-order chi connectivity index (χ1) is 11.7. The molecule has 0 aliphatic heterocycles. The molecule has 122 valence electrons. The fourth-order valence-electron chi connectivity index (χ4n) is 1.92. The normalized spacial score (nSPS) is 10.6. The SMILES string of the molecule is CSc1ccc(Cl)c(C(=O)OCc2nc(-c3cccnc3)no2)c1. The number of hydrogen-bond acceptors (Lipinski definition) is 7. The number of thioether (sulfide) groups is 1. The van der Waals surface area contributed by atoms with Crippen molar-refractivity contribution in [1.82, 2.24) is 15.1 Å². The van der Waals surface area contributed by atoms with E-state index < -0.39 is 5.97 Å². The van der Waals surface area contributed by atoms with E-state index in [4.69, 9.17) is 20.9 Å². The summed E-state index contributed by atoms with van der Waals surface area (Å²) in [6, 6.07) is 8.76. The quantitative estimate of drug-likeness (QED) is 0.504. The van der Waals surface area contributed by atoms with Crippen molar-refractivity contribution in [2.75, 3.05) is 6.26 Å². The zero-order valence-corrected chi connectivity index (χ0v) is 14.2. The van der Waals surface area contributed by atoms with Crippen LogP contribution in [0.1, 0.15) is 16.2 Å². The first kappa shape index (κ1) is 16.5. The van der Waals surface area contributed by atoms with Crippen LogP contribution in [-0.4, -0.2) is 27.3 Å². The zero-order chi connectivity index (χ0) is 16.9. The Hall–Kier alpha value is -2.38. The van der Waals surface area contributed by atoms with Crippen LogP contribution in [0.3, 0.4) is 0 Å². The molecule has 6 nitrogen and oxygen atoms in total. The van der Waals surface area contributed by atoms with Crippen molar-refractivity contribution in [3.8, 4) is 11.4 Å². The Morgan fingerprint density at radius 1 is 1.38 bits per heavy atom. The molecule has 0 amide bonds. The number of benzene rings is 1. The van der Waals surface area contributed by atoms with Crippen LogP contribution < -0.4 is 0 Å². The lowest BCUT2D eigenvalue weighted by molar-refractivity contribution is 0.0429. The predicted octanol–water partition coefficient (Wildman–Crippen LogP) is 3.86. The second kappa shape index (κ2) is 7.46. The van der Waals surface area contributed by atoms with Gasteiger partial charge in [-0.05, 0) is 36.6 Å². The maximum absolute atomic E-state index is 12.2. The molecular weight excluding hydrogens is 350 g/mol. The maximum Gasteiger partial charge on any atom is 0.340 e. The first-order valence-electron chi connectivity index (χ1n) is 6.91. The topological polar surface area (TPSA) is 78.1 Å². The van der Waals surface area contributed by atoms with Crippen LogP contribution in [0.4, 0.5) is 0 Å². The summed E-state index contributed by atoms with van der Waals surface area (Å²) in [5, 5.41) is 4.17. The molecule has 1 aromatic carbocycles. The molecule has 2 aromatic heterocycles. The van der Waals surface area contributed by atoms with Crippen LogP contribution in [0.25, 0.3) is 11.4 Å². The average molecular weight is 362 g/mol. The van der Waals surface area contributed by atoms with Gasteiger partial charge in [-0.25, -0.2) is 4.79 Å². The molecule has 0 bridgehead atoms. The highest BCUT2D eigenvalue weighted by atomic mass is 35.5. The summed E-state index contributed by atoms with van der Waals surface area (Å²) in [5.41, 5.74) is 1.02. The molecule has 24 heavy (non-hydrogen) atoms. The third kappa shape index (κ3) is 3.74. The van der Waals surface area contributed by atoms with Gasteiger partial charge >= 0.3 is 5.97 Å². The Morgan fingerprint density at radius 2 is 2.25 bits per heavy atom. The molecule has 0 spiro atoms. The molecule has 0 N–H and O–H groups in total. The van der Waals surface area contributed by atoms with Crippen LogP contribution in [0.5, 0.6) is 0 Å². The Labute approximate surface area is 147 Å². The third-order valence-corrected chi connectivity index (χ3v) is 4.16. The van der Waals surface area contributed by atoms with E-state index in [9.17, 15) is 4.79 Å². The number of rotatable bonds is 5. The molecule has 0 aliphatic rings. The van der Waals surface area contributed by atoms with Gasteiger partial charge < -0.3 is 9.26 Å². The molecule has 0 saturated carbocycles. The zero-order valence-electron chi connectivity index (χ0n) is 12.6. The van der Waals surface area contributed by atoms with Crippen LogP contribution in [-0.2, 0) is 11.3 Å². The van der Waals surface area contributed by atoms with Gasteiger partial charge in [0.05, 0.1) is 10.6 Å². The highest BCUT2D eigenvalue weighted by Crippen LogP contribution is 2.24. The van der Waals surface area contributed by atoms with Gasteiger partial charge in [-0.2, -0.15) is 4.98 Å². The molecule has 0 atom stereocenters. The molecule has 0 saturated heterocycles. The number of esters is 1. The summed E-state index contributed by atoms with van der Waals surface area (Å²) >= 11 is 7.56. The van der Waals surface area contributed by atoms with Crippen molar-refractivity contribution in [2.24, 2.45) is 0 Å². The van der Waals surface area contributed by atoms with Crippen LogP contribution in [0.2, 0.25) is 5.02 Å². The lowest BCUT2D eigenvalue weighted by Crippen LogP contribution is -2.06. The van der Waals surface area contributed by atoms with Gasteiger partial charge in [0, 0.05) is 22.9 Å². The van der Waals surface area contributed by atoms with Crippen molar-refractivity contribution in [1.29, 1.82) is 0 Å². The Morgan fingerprint density at radius 3 is 3.00 bits per heavy atom. The summed E-state index contributed by atoms with van der Waals surface area (Å²) in [5.74, 6) is 0.0351. The molecule has 0 fully saturated rings. The Bertz CT molecular complexity index is 855. The maximum atomic E-state index is 12.2. The van der Waals surface area contributed by atoms with Crippen molar-refractivity contribution in [3.05, 3.63) is 59.2 Å². The number of carbonyl (C=O) groups is 1. The average Bonchev–Trinajstić information content (AvgIpc) is 3.10. The lowest BCUT2D eigenvalue weighted by atomic mass is 10.2. The fourth-order valence-corrected chi connectivity index (χ4v) is 2.55. The summed E-state index contributed by atoms with van der Waals surface area (Å²) in [6.45, 7) is -0.133.